The van der Waals surface area contributed by atoms with Crippen molar-refractivity contribution in [2.45, 2.75) is 45.6 Å². The SMILES string of the molecule is CC(C)C1CCC(Nc2cccc3ccccc23)CC1. The smallest absolute Gasteiger partial charge is 0.0422 e. The van der Waals surface area contributed by atoms with E-state index < -0.39 is 0 Å². The summed E-state index contributed by atoms with van der Waals surface area (Å²) in [6.07, 6.45) is 5.37. The van der Waals surface area contributed by atoms with E-state index in [1.807, 2.05) is 0 Å². The number of anilines is 1. The summed E-state index contributed by atoms with van der Waals surface area (Å²) in [6, 6.07) is 15.9. The number of hydrogen-bond acceptors (Lipinski definition) is 1. The molecule has 1 saturated carbocycles. The molecule has 0 atom stereocenters. The van der Waals surface area contributed by atoms with Gasteiger partial charge in [0, 0.05) is 17.1 Å². The van der Waals surface area contributed by atoms with Crippen LogP contribution in [0.25, 0.3) is 10.8 Å². The van der Waals surface area contributed by atoms with Crippen LogP contribution in [-0.2, 0) is 0 Å². The molecule has 0 saturated heterocycles. The standard InChI is InChI=1S/C19H25N/c1-14(2)15-10-12-17(13-11-15)20-19-9-5-7-16-6-3-4-8-18(16)19/h3-9,14-15,17,20H,10-13H2,1-2H3. The molecule has 0 amide bonds. The van der Waals surface area contributed by atoms with Gasteiger partial charge in [-0.3, -0.25) is 0 Å². The van der Waals surface area contributed by atoms with Crippen LogP contribution in [-0.4, -0.2) is 6.04 Å². The van der Waals surface area contributed by atoms with E-state index in [0.717, 1.165) is 11.8 Å². The Hall–Kier alpha value is -1.50. The Balaban J connectivity index is 1.72. The molecule has 3 rings (SSSR count). The summed E-state index contributed by atoms with van der Waals surface area (Å²) < 4.78 is 0. The van der Waals surface area contributed by atoms with Gasteiger partial charge in [-0.05, 0) is 49.0 Å². The topological polar surface area (TPSA) is 12.0 Å². The van der Waals surface area contributed by atoms with Crippen LogP contribution in [0.4, 0.5) is 5.69 Å². The second-order valence-electron chi connectivity index (χ2n) is 6.53. The van der Waals surface area contributed by atoms with Gasteiger partial charge in [0.1, 0.15) is 0 Å². The third kappa shape index (κ3) is 2.82. The molecule has 0 spiro atoms. The first-order valence-corrected chi connectivity index (χ1v) is 7.98. The largest absolute Gasteiger partial charge is 0.382 e. The second-order valence-corrected chi connectivity index (χ2v) is 6.53. The molecule has 1 fully saturated rings. The first-order valence-electron chi connectivity index (χ1n) is 7.98. The van der Waals surface area contributed by atoms with Crippen LogP contribution in [0.15, 0.2) is 42.5 Å². The Bertz CT molecular complexity index is 559. The van der Waals surface area contributed by atoms with Gasteiger partial charge in [-0.25, -0.2) is 0 Å². The maximum atomic E-state index is 3.78. The lowest BCUT2D eigenvalue weighted by atomic mass is 9.79. The molecule has 0 aliphatic heterocycles. The van der Waals surface area contributed by atoms with Crippen molar-refractivity contribution in [3.8, 4) is 0 Å². The zero-order chi connectivity index (χ0) is 13.9. The molecule has 0 bridgehead atoms. The van der Waals surface area contributed by atoms with Crippen molar-refractivity contribution in [1.82, 2.24) is 0 Å². The number of benzene rings is 2. The van der Waals surface area contributed by atoms with Crippen molar-refractivity contribution in [3.63, 3.8) is 0 Å². The predicted molar refractivity (Wildman–Crippen MR) is 88.2 cm³/mol. The van der Waals surface area contributed by atoms with Gasteiger partial charge in [0.05, 0.1) is 0 Å². The van der Waals surface area contributed by atoms with Gasteiger partial charge in [-0.1, -0.05) is 50.2 Å². The molecule has 1 aliphatic carbocycles. The molecular formula is C19H25N. The Kier molecular flexibility index (Phi) is 3.95. The Morgan fingerprint density at radius 2 is 1.60 bits per heavy atom. The summed E-state index contributed by atoms with van der Waals surface area (Å²) in [5, 5.41) is 6.46. The normalized spacial score (nSPS) is 23.1. The van der Waals surface area contributed by atoms with E-state index >= 15 is 0 Å². The Labute approximate surface area is 122 Å². The van der Waals surface area contributed by atoms with Crippen molar-refractivity contribution in [1.29, 1.82) is 0 Å². The quantitative estimate of drug-likeness (QED) is 0.778. The average molecular weight is 267 g/mol. The minimum Gasteiger partial charge on any atom is -0.382 e. The molecule has 106 valence electrons. The van der Waals surface area contributed by atoms with Crippen LogP contribution in [0.1, 0.15) is 39.5 Å². The van der Waals surface area contributed by atoms with Gasteiger partial charge >= 0.3 is 0 Å². The molecule has 0 radical (unpaired) electrons. The third-order valence-corrected chi connectivity index (χ3v) is 4.86. The monoisotopic (exact) mass is 267 g/mol. The maximum absolute atomic E-state index is 3.78. The number of rotatable bonds is 3. The lowest BCUT2D eigenvalue weighted by molar-refractivity contribution is 0.267. The maximum Gasteiger partial charge on any atom is 0.0422 e. The van der Waals surface area contributed by atoms with E-state index in [1.165, 1.54) is 42.1 Å². The molecule has 2 aromatic rings. The molecule has 2 aromatic carbocycles. The zero-order valence-electron chi connectivity index (χ0n) is 12.6. The van der Waals surface area contributed by atoms with Crippen LogP contribution >= 0.6 is 0 Å². The summed E-state index contributed by atoms with van der Waals surface area (Å²) in [5.74, 6) is 1.77. The highest BCUT2D eigenvalue weighted by Gasteiger charge is 2.23. The van der Waals surface area contributed by atoms with Gasteiger partial charge in [-0.2, -0.15) is 0 Å². The van der Waals surface area contributed by atoms with Gasteiger partial charge in [0.15, 0.2) is 0 Å². The number of hydrogen-bond donors (Lipinski definition) is 1. The molecule has 0 unspecified atom stereocenters. The van der Waals surface area contributed by atoms with E-state index in [-0.39, 0.29) is 0 Å². The highest BCUT2D eigenvalue weighted by Crippen LogP contribution is 2.32. The zero-order valence-corrected chi connectivity index (χ0v) is 12.6. The summed E-state index contributed by atoms with van der Waals surface area (Å²) >= 11 is 0. The molecule has 0 heterocycles. The first kappa shape index (κ1) is 13.5. The highest BCUT2D eigenvalue weighted by molar-refractivity contribution is 5.93. The van der Waals surface area contributed by atoms with E-state index in [4.69, 9.17) is 0 Å². The van der Waals surface area contributed by atoms with Gasteiger partial charge in [0.25, 0.3) is 0 Å². The lowest BCUT2D eigenvalue weighted by Gasteiger charge is -2.32. The molecule has 1 aliphatic rings. The van der Waals surface area contributed by atoms with Crippen LogP contribution < -0.4 is 5.32 Å². The van der Waals surface area contributed by atoms with E-state index in [1.54, 1.807) is 0 Å². The number of fused-ring (bicyclic) bond motifs is 1. The first-order chi connectivity index (χ1) is 9.74. The van der Waals surface area contributed by atoms with Crippen molar-refractivity contribution >= 4 is 16.5 Å². The van der Waals surface area contributed by atoms with Crippen molar-refractivity contribution in [2.75, 3.05) is 5.32 Å². The highest BCUT2D eigenvalue weighted by atomic mass is 14.9. The molecule has 1 N–H and O–H groups in total. The van der Waals surface area contributed by atoms with E-state index in [9.17, 15) is 0 Å². The van der Waals surface area contributed by atoms with Gasteiger partial charge in [0.2, 0.25) is 0 Å². The lowest BCUT2D eigenvalue weighted by Crippen LogP contribution is -2.27. The minimum absolute atomic E-state index is 0.649. The molecule has 1 nitrogen and oxygen atoms in total. The van der Waals surface area contributed by atoms with Crippen molar-refractivity contribution < 1.29 is 0 Å². The van der Waals surface area contributed by atoms with E-state index in [2.05, 4.69) is 61.6 Å². The fourth-order valence-electron chi connectivity index (χ4n) is 3.50. The third-order valence-electron chi connectivity index (χ3n) is 4.86. The number of nitrogens with one attached hydrogen (secondary N) is 1. The van der Waals surface area contributed by atoms with Gasteiger partial charge < -0.3 is 5.32 Å². The summed E-state index contributed by atoms with van der Waals surface area (Å²) in [6.45, 7) is 4.73. The minimum atomic E-state index is 0.649. The Morgan fingerprint density at radius 3 is 2.35 bits per heavy atom. The summed E-state index contributed by atoms with van der Waals surface area (Å²) in [7, 11) is 0. The summed E-state index contributed by atoms with van der Waals surface area (Å²) in [4.78, 5) is 0. The Morgan fingerprint density at radius 1 is 0.900 bits per heavy atom. The fraction of sp³-hybridized carbons (Fsp3) is 0.474. The molecule has 1 heteroatoms. The fourth-order valence-corrected chi connectivity index (χ4v) is 3.50. The summed E-state index contributed by atoms with van der Waals surface area (Å²) in [5.41, 5.74) is 1.30. The predicted octanol–water partition coefficient (Wildman–Crippen LogP) is 5.47. The average Bonchev–Trinajstić information content (AvgIpc) is 2.48. The van der Waals surface area contributed by atoms with Gasteiger partial charge in [-0.15, -0.1) is 0 Å². The van der Waals surface area contributed by atoms with Crippen LogP contribution in [0.3, 0.4) is 0 Å². The van der Waals surface area contributed by atoms with Crippen LogP contribution in [0.5, 0.6) is 0 Å². The molecular weight excluding hydrogens is 242 g/mol. The van der Waals surface area contributed by atoms with Crippen molar-refractivity contribution in [2.24, 2.45) is 11.8 Å². The van der Waals surface area contributed by atoms with Crippen molar-refractivity contribution in [3.05, 3.63) is 42.5 Å². The molecule has 20 heavy (non-hydrogen) atoms. The van der Waals surface area contributed by atoms with Crippen LogP contribution in [0.2, 0.25) is 0 Å². The molecule has 0 aromatic heterocycles. The second kappa shape index (κ2) is 5.87. The van der Waals surface area contributed by atoms with Crippen LogP contribution in [0, 0.1) is 11.8 Å². The van der Waals surface area contributed by atoms with E-state index in [0.29, 0.717) is 6.04 Å².